The van der Waals surface area contributed by atoms with Crippen LogP contribution in [-0.2, 0) is 16.0 Å². The predicted molar refractivity (Wildman–Crippen MR) is 74.6 cm³/mol. The van der Waals surface area contributed by atoms with E-state index in [2.05, 4.69) is 0 Å². The van der Waals surface area contributed by atoms with Crippen LogP contribution in [0.4, 0.5) is 0 Å². The Hall–Kier alpha value is -1.13. The van der Waals surface area contributed by atoms with Crippen LogP contribution in [-0.4, -0.2) is 23.8 Å². The molecule has 1 atom stereocenters. The zero-order valence-corrected chi connectivity index (χ0v) is 11.9. The first-order valence-corrected chi connectivity index (χ1v) is 6.96. The second-order valence-corrected chi connectivity index (χ2v) is 5.40. The molecule has 4 heteroatoms. The van der Waals surface area contributed by atoms with Crippen LogP contribution in [0, 0.1) is 0 Å². The number of esters is 1. The highest BCUT2D eigenvalue weighted by atomic mass is 32.1. The molecule has 0 spiro atoms. The molecule has 0 saturated carbocycles. The van der Waals surface area contributed by atoms with Crippen molar-refractivity contribution in [3.8, 4) is 0 Å². The number of aryl methyl sites for hydroxylation is 1. The fourth-order valence-corrected chi connectivity index (χ4v) is 2.50. The summed E-state index contributed by atoms with van der Waals surface area (Å²) in [5.74, 6) is -0.297. The van der Waals surface area contributed by atoms with Gasteiger partial charge in [0.05, 0.1) is 12.7 Å². The van der Waals surface area contributed by atoms with Gasteiger partial charge in [-0.05, 0) is 51.3 Å². The third-order valence-electron chi connectivity index (χ3n) is 2.48. The van der Waals surface area contributed by atoms with Gasteiger partial charge in [-0.25, -0.2) is 4.79 Å². The van der Waals surface area contributed by atoms with Crippen molar-refractivity contribution in [2.75, 3.05) is 6.61 Å². The molecule has 18 heavy (non-hydrogen) atoms. The molecule has 0 fully saturated rings. The monoisotopic (exact) mass is 268 g/mol. The number of aliphatic hydroxyl groups is 1. The number of thiophene rings is 1. The fraction of sp³-hybridized carbons (Fsp3) is 0.500. The van der Waals surface area contributed by atoms with Crippen LogP contribution < -0.4 is 0 Å². The summed E-state index contributed by atoms with van der Waals surface area (Å²) in [5, 5.41) is 9.24. The molecule has 0 aliphatic heterocycles. The van der Waals surface area contributed by atoms with Crippen LogP contribution in [0.15, 0.2) is 18.2 Å². The Morgan fingerprint density at radius 1 is 1.56 bits per heavy atom. The van der Waals surface area contributed by atoms with E-state index in [1.54, 1.807) is 25.2 Å². The van der Waals surface area contributed by atoms with Gasteiger partial charge >= 0.3 is 5.97 Å². The molecule has 100 valence electrons. The maximum absolute atomic E-state index is 11.3. The van der Waals surface area contributed by atoms with Crippen molar-refractivity contribution >= 4 is 22.9 Å². The van der Waals surface area contributed by atoms with Crippen LogP contribution >= 0.6 is 11.3 Å². The van der Waals surface area contributed by atoms with Crippen molar-refractivity contribution in [3.63, 3.8) is 0 Å². The van der Waals surface area contributed by atoms with Gasteiger partial charge in [0.2, 0.25) is 0 Å². The van der Waals surface area contributed by atoms with Gasteiger partial charge in [-0.15, -0.1) is 11.3 Å². The Morgan fingerprint density at radius 3 is 2.89 bits per heavy atom. The summed E-state index contributed by atoms with van der Waals surface area (Å²) in [7, 11) is 0. The van der Waals surface area contributed by atoms with E-state index >= 15 is 0 Å². The fourth-order valence-electron chi connectivity index (χ4n) is 1.51. The largest absolute Gasteiger partial charge is 0.463 e. The van der Waals surface area contributed by atoms with Crippen LogP contribution in [0.2, 0.25) is 0 Å². The normalized spacial score (nSPS) is 13.4. The molecule has 1 aromatic heterocycles. The van der Waals surface area contributed by atoms with Gasteiger partial charge in [0.25, 0.3) is 0 Å². The average Bonchev–Trinajstić information content (AvgIpc) is 2.75. The highest BCUT2D eigenvalue weighted by molar-refractivity contribution is 7.13. The number of hydrogen-bond acceptors (Lipinski definition) is 4. The highest BCUT2D eigenvalue weighted by Crippen LogP contribution is 2.25. The van der Waals surface area contributed by atoms with Gasteiger partial charge < -0.3 is 9.84 Å². The lowest BCUT2D eigenvalue weighted by molar-refractivity contribution is -0.137. The van der Waals surface area contributed by atoms with Crippen molar-refractivity contribution in [2.24, 2.45) is 0 Å². The second-order valence-electron chi connectivity index (χ2n) is 4.23. The maximum atomic E-state index is 11.3. The summed E-state index contributed by atoms with van der Waals surface area (Å²) < 4.78 is 4.88. The first kappa shape index (κ1) is 14.9. The van der Waals surface area contributed by atoms with Gasteiger partial charge in [0.1, 0.15) is 0 Å². The minimum absolute atomic E-state index is 0.272. The first-order chi connectivity index (χ1) is 8.52. The van der Waals surface area contributed by atoms with E-state index in [4.69, 9.17) is 4.74 Å². The molecule has 0 aliphatic rings. The summed E-state index contributed by atoms with van der Waals surface area (Å²) in [5.41, 5.74) is 0.918. The van der Waals surface area contributed by atoms with Crippen LogP contribution in [0.5, 0.6) is 0 Å². The van der Waals surface area contributed by atoms with Gasteiger partial charge in [-0.3, -0.25) is 0 Å². The summed E-state index contributed by atoms with van der Waals surface area (Å²) in [6.07, 6.45) is 2.88. The molecular weight excluding hydrogens is 248 g/mol. The Bertz CT molecular complexity index is 418. The lowest BCUT2D eigenvalue weighted by Gasteiger charge is -2.01. The third kappa shape index (κ3) is 5.02. The molecule has 0 aromatic carbocycles. The van der Waals surface area contributed by atoms with Crippen molar-refractivity contribution < 1.29 is 14.6 Å². The standard InChI is InChI=1S/C14H20O3S/c1-4-17-14(16)9-10(2)13-8-7-12(18-13)6-5-11(3)15/h7-9,11,15H,4-6H2,1-3H3. The zero-order valence-electron chi connectivity index (χ0n) is 11.1. The third-order valence-corrected chi connectivity index (χ3v) is 3.76. The Labute approximate surface area is 112 Å². The van der Waals surface area contributed by atoms with E-state index in [1.165, 1.54) is 11.0 Å². The minimum atomic E-state index is -0.297. The topological polar surface area (TPSA) is 46.5 Å². The number of allylic oxidation sites excluding steroid dienone is 1. The van der Waals surface area contributed by atoms with Gasteiger partial charge in [0, 0.05) is 15.8 Å². The van der Waals surface area contributed by atoms with E-state index in [9.17, 15) is 9.90 Å². The van der Waals surface area contributed by atoms with Crippen LogP contribution in [0.25, 0.3) is 5.57 Å². The van der Waals surface area contributed by atoms with E-state index in [0.29, 0.717) is 6.61 Å². The van der Waals surface area contributed by atoms with E-state index < -0.39 is 0 Å². The molecule has 0 radical (unpaired) electrons. The molecule has 3 nitrogen and oxygen atoms in total. The molecule has 1 heterocycles. The number of rotatable bonds is 6. The Morgan fingerprint density at radius 2 is 2.28 bits per heavy atom. The van der Waals surface area contributed by atoms with Gasteiger partial charge in [-0.1, -0.05) is 0 Å². The molecule has 0 aliphatic carbocycles. The smallest absolute Gasteiger partial charge is 0.331 e. The molecule has 1 rings (SSSR count). The number of hydrogen-bond donors (Lipinski definition) is 1. The number of aliphatic hydroxyl groups excluding tert-OH is 1. The molecular formula is C14H20O3S. The lowest BCUT2D eigenvalue weighted by atomic mass is 10.2. The quantitative estimate of drug-likeness (QED) is 0.637. The van der Waals surface area contributed by atoms with Crippen molar-refractivity contribution in [2.45, 2.75) is 39.7 Å². The minimum Gasteiger partial charge on any atom is -0.463 e. The van der Waals surface area contributed by atoms with Crippen LogP contribution in [0.1, 0.15) is 36.9 Å². The molecule has 1 unspecified atom stereocenters. The summed E-state index contributed by atoms with van der Waals surface area (Å²) in [4.78, 5) is 13.6. The highest BCUT2D eigenvalue weighted by Gasteiger charge is 2.05. The van der Waals surface area contributed by atoms with Crippen molar-refractivity contribution in [1.29, 1.82) is 0 Å². The summed E-state index contributed by atoms with van der Waals surface area (Å²) >= 11 is 1.66. The lowest BCUT2D eigenvalue weighted by Crippen LogP contribution is -2.00. The number of ether oxygens (including phenoxy) is 1. The molecule has 0 saturated heterocycles. The zero-order chi connectivity index (χ0) is 13.5. The van der Waals surface area contributed by atoms with Gasteiger partial charge in [0.15, 0.2) is 0 Å². The summed E-state index contributed by atoms with van der Waals surface area (Å²) in [6, 6.07) is 4.05. The number of carbonyl (C=O) groups is 1. The van der Waals surface area contributed by atoms with Gasteiger partial charge in [-0.2, -0.15) is 0 Å². The van der Waals surface area contributed by atoms with Crippen LogP contribution in [0.3, 0.4) is 0 Å². The van der Waals surface area contributed by atoms with E-state index in [1.807, 2.05) is 19.1 Å². The molecule has 0 amide bonds. The first-order valence-electron chi connectivity index (χ1n) is 6.15. The average molecular weight is 268 g/mol. The Kier molecular flexibility index (Phi) is 6.09. The number of carbonyl (C=O) groups excluding carboxylic acids is 1. The second kappa shape index (κ2) is 7.34. The van der Waals surface area contributed by atoms with E-state index in [0.717, 1.165) is 23.3 Å². The predicted octanol–water partition coefficient (Wildman–Crippen LogP) is 3.03. The SMILES string of the molecule is CCOC(=O)C=C(C)c1ccc(CCC(C)O)s1. The molecule has 0 bridgehead atoms. The maximum Gasteiger partial charge on any atom is 0.331 e. The summed E-state index contributed by atoms with van der Waals surface area (Å²) in [6.45, 7) is 5.88. The van der Waals surface area contributed by atoms with E-state index in [-0.39, 0.29) is 12.1 Å². The van der Waals surface area contributed by atoms with Crippen molar-refractivity contribution in [1.82, 2.24) is 0 Å². The Balaban J connectivity index is 2.64. The molecule has 1 N–H and O–H groups in total. The van der Waals surface area contributed by atoms with Crippen molar-refractivity contribution in [3.05, 3.63) is 28.0 Å². The molecule has 1 aromatic rings.